The zero-order valence-electron chi connectivity index (χ0n) is 24.9. The van der Waals surface area contributed by atoms with E-state index in [1.54, 1.807) is 12.1 Å². The summed E-state index contributed by atoms with van der Waals surface area (Å²) in [6.07, 6.45) is -3.19. The fourth-order valence-electron chi connectivity index (χ4n) is 3.38. The SMILES string of the molecule is [2H]C1([2H])N(C[C@@H](NC(=O)CCCCCCC)[C@H](O)c2ccc3c(c2)OCCO3)C([2H])([2H])C([2H])([2H])C1([2H])[2H]. The Morgan fingerprint density at radius 1 is 1.17 bits per heavy atom. The van der Waals surface area contributed by atoms with Crippen LogP contribution in [-0.4, -0.2) is 54.7 Å². The molecule has 0 unspecified atom stereocenters. The highest BCUT2D eigenvalue weighted by molar-refractivity contribution is 5.76. The van der Waals surface area contributed by atoms with Crippen molar-refractivity contribution >= 4 is 5.91 Å². The molecule has 0 bridgehead atoms. The molecule has 1 aromatic rings. The van der Waals surface area contributed by atoms with Crippen molar-refractivity contribution in [2.24, 2.45) is 0 Å². The van der Waals surface area contributed by atoms with E-state index in [1.807, 2.05) is 0 Å². The molecule has 2 aliphatic heterocycles. The third-order valence-corrected chi connectivity index (χ3v) is 4.97. The van der Waals surface area contributed by atoms with Crippen molar-refractivity contribution in [1.82, 2.24) is 10.2 Å². The van der Waals surface area contributed by atoms with Crippen LogP contribution in [0.25, 0.3) is 0 Å². The predicted molar refractivity (Wildman–Crippen MR) is 113 cm³/mol. The predicted octanol–water partition coefficient (Wildman–Crippen LogP) is 3.43. The number of aliphatic hydroxyl groups is 1. The van der Waals surface area contributed by atoms with Crippen LogP contribution in [-0.2, 0) is 4.79 Å². The zero-order chi connectivity index (χ0) is 27.6. The second kappa shape index (κ2) is 11.4. The molecule has 2 N–H and O–H groups in total. The normalized spacial score (nSPS) is 29.4. The van der Waals surface area contributed by atoms with E-state index in [2.05, 4.69) is 12.2 Å². The number of aliphatic hydroxyl groups excluding tert-OH is 1. The van der Waals surface area contributed by atoms with Crippen molar-refractivity contribution in [3.63, 3.8) is 0 Å². The van der Waals surface area contributed by atoms with E-state index in [0.29, 0.717) is 41.6 Å². The Kier molecular flexibility index (Phi) is 5.31. The van der Waals surface area contributed by atoms with Crippen molar-refractivity contribution < 1.29 is 30.3 Å². The zero-order valence-corrected chi connectivity index (χ0v) is 16.9. The van der Waals surface area contributed by atoms with Gasteiger partial charge >= 0.3 is 0 Å². The number of carbonyl (C=O) groups excluding carboxylic acids is 1. The molecule has 0 aromatic heterocycles. The lowest BCUT2D eigenvalue weighted by Gasteiger charge is -2.29. The molecule has 162 valence electrons. The molecular formula is C23H36N2O4. The van der Waals surface area contributed by atoms with E-state index in [1.165, 1.54) is 6.07 Å². The van der Waals surface area contributed by atoms with Gasteiger partial charge in [0.05, 0.1) is 6.04 Å². The van der Waals surface area contributed by atoms with Gasteiger partial charge < -0.3 is 24.8 Å². The highest BCUT2D eigenvalue weighted by Crippen LogP contribution is 2.33. The molecule has 3 rings (SSSR count). The maximum Gasteiger partial charge on any atom is 0.220 e. The summed E-state index contributed by atoms with van der Waals surface area (Å²) in [4.78, 5) is 13.2. The maximum atomic E-state index is 12.8. The summed E-state index contributed by atoms with van der Waals surface area (Å²) in [5.41, 5.74) is 0.295. The summed E-state index contributed by atoms with van der Waals surface area (Å²) in [5.74, 6) is 0.427. The number of likely N-dealkylation sites (tertiary alicyclic amines) is 1. The van der Waals surface area contributed by atoms with Crippen LogP contribution in [0.15, 0.2) is 18.2 Å². The molecule has 6 heteroatoms. The highest BCUT2D eigenvalue weighted by atomic mass is 16.6. The summed E-state index contributed by atoms with van der Waals surface area (Å²) in [5, 5.41) is 13.9. The van der Waals surface area contributed by atoms with Gasteiger partial charge in [-0.15, -0.1) is 0 Å². The molecule has 1 fully saturated rings. The molecule has 0 saturated carbocycles. The third-order valence-electron chi connectivity index (χ3n) is 4.97. The number of nitrogens with one attached hydrogen (secondary N) is 1. The number of fused-ring (bicyclic) bond motifs is 1. The Hall–Kier alpha value is -1.79. The van der Waals surface area contributed by atoms with Crippen molar-refractivity contribution in [2.45, 2.75) is 70.3 Å². The van der Waals surface area contributed by atoms with Gasteiger partial charge in [-0.1, -0.05) is 38.7 Å². The average molecular weight is 413 g/mol. The highest BCUT2D eigenvalue weighted by Gasteiger charge is 2.27. The number of hydrogen-bond donors (Lipinski definition) is 2. The maximum absolute atomic E-state index is 12.8. The summed E-state index contributed by atoms with van der Waals surface area (Å²) in [7, 11) is 0. The van der Waals surface area contributed by atoms with Crippen LogP contribution in [0.3, 0.4) is 0 Å². The van der Waals surface area contributed by atoms with Crippen molar-refractivity contribution in [1.29, 1.82) is 0 Å². The molecule has 29 heavy (non-hydrogen) atoms. The van der Waals surface area contributed by atoms with Crippen LogP contribution >= 0.6 is 0 Å². The molecule has 2 aliphatic rings. The molecule has 2 heterocycles. The second-order valence-corrected chi connectivity index (χ2v) is 7.27. The number of unbranched alkanes of at least 4 members (excludes halogenated alkanes) is 4. The van der Waals surface area contributed by atoms with Gasteiger partial charge in [0.25, 0.3) is 0 Å². The Morgan fingerprint density at radius 2 is 1.90 bits per heavy atom. The molecule has 1 amide bonds. The van der Waals surface area contributed by atoms with E-state index in [9.17, 15) is 9.90 Å². The van der Waals surface area contributed by atoms with Gasteiger partial charge in [0.1, 0.15) is 19.3 Å². The van der Waals surface area contributed by atoms with Crippen LogP contribution in [0.4, 0.5) is 0 Å². The lowest BCUT2D eigenvalue weighted by molar-refractivity contribution is -0.123. The minimum absolute atomic E-state index is 0.148. The van der Waals surface area contributed by atoms with Crippen LogP contribution in [0.2, 0.25) is 0 Å². The third kappa shape index (κ3) is 6.61. The van der Waals surface area contributed by atoms with Gasteiger partial charge in [0.2, 0.25) is 5.91 Å². The van der Waals surface area contributed by atoms with Crippen LogP contribution in [0.5, 0.6) is 11.5 Å². The summed E-state index contributed by atoms with van der Waals surface area (Å²) < 4.78 is 76.4. The van der Waals surface area contributed by atoms with E-state index < -0.39 is 50.3 Å². The largest absolute Gasteiger partial charge is 0.486 e. The lowest BCUT2D eigenvalue weighted by Crippen LogP contribution is -2.46. The fourth-order valence-corrected chi connectivity index (χ4v) is 3.38. The molecule has 6 nitrogen and oxygen atoms in total. The number of hydrogen-bond acceptors (Lipinski definition) is 5. The molecule has 1 aromatic carbocycles. The molecule has 1 saturated heterocycles. The van der Waals surface area contributed by atoms with E-state index in [4.69, 9.17) is 20.4 Å². The van der Waals surface area contributed by atoms with Gasteiger partial charge in [-0.25, -0.2) is 0 Å². The van der Waals surface area contributed by atoms with E-state index in [-0.39, 0.29) is 6.42 Å². The lowest BCUT2D eigenvalue weighted by atomic mass is 10.0. The molecule has 0 aliphatic carbocycles. The van der Waals surface area contributed by atoms with E-state index >= 15 is 0 Å². The van der Waals surface area contributed by atoms with Crippen LogP contribution in [0, 0.1) is 0 Å². The summed E-state index contributed by atoms with van der Waals surface area (Å²) in [6, 6.07) is 3.38. The van der Waals surface area contributed by atoms with Gasteiger partial charge in [0.15, 0.2) is 11.5 Å². The molecule has 0 spiro atoms. The number of amides is 1. The number of rotatable bonds is 11. The number of benzene rings is 1. The topological polar surface area (TPSA) is 71.0 Å². The van der Waals surface area contributed by atoms with Crippen molar-refractivity contribution in [3.8, 4) is 11.5 Å². The summed E-state index contributed by atoms with van der Waals surface area (Å²) >= 11 is 0. The quantitative estimate of drug-likeness (QED) is 0.545. The first-order valence-corrected chi connectivity index (χ1v) is 10.3. The van der Waals surface area contributed by atoms with E-state index in [0.717, 1.165) is 25.7 Å². The first kappa shape index (κ1) is 13.5. The second-order valence-electron chi connectivity index (χ2n) is 7.27. The number of ether oxygens (including phenoxy) is 2. The van der Waals surface area contributed by atoms with Gasteiger partial charge in [0, 0.05) is 23.9 Å². The standard InChI is InChI=1S/C23H36N2O4/c1-2-3-4-5-6-9-22(26)24-19(17-25-12-7-8-13-25)23(27)18-10-11-20-21(16-18)29-15-14-28-20/h10-11,16,19,23,27H,2-9,12-15,17H2,1H3,(H,24,26)/t19-,23-/m1/s1/i7D2,8D2,12D2,13D2. The number of nitrogens with zero attached hydrogens (tertiary/aromatic N) is 1. The van der Waals surface area contributed by atoms with Gasteiger partial charge in [-0.05, 0) is 49.9 Å². The van der Waals surface area contributed by atoms with Crippen LogP contribution < -0.4 is 14.8 Å². The minimum atomic E-state index is -3.21. The Balaban J connectivity index is 1.88. The Labute approximate surface area is 185 Å². The summed E-state index contributed by atoms with van der Waals surface area (Å²) in [6.45, 7) is -4.07. The molecule has 2 atom stereocenters. The number of carbonyl (C=O) groups is 1. The van der Waals surface area contributed by atoms with Gasteiger partial charge in [-0.3, -0.25) is 4.79 Å². The van der Waals surface area contributed by atoms with Gasteiger partial charge in [-0.2, -0.15) is 0 Å². The Morgan fingerprint density at radius 3 is 2.66 bits per heavy atom. The first-order valence-electron chi connectivity index (χ1n) is 14.3. The molecule has 0 radical (unpaired) electrons. The average Bonchev–Trinajstić information content (AvgIpc) is 2.90. The monoisotopic (exact) mass is 412 g/mol. The first-order chi connectivity index (χ1) is 17.2. The van der Waals surface area contributed by atoms with Crippen molar-refractivity contribution in [2.75, 3.05) is 32.8 Å². The van der Waals surface area contributed by atoms with Crippen molar-refractivity contribution in [3.05, 3.63) is 23.8 Å². The fraction of sp³-hybridized carbons (Fsp3) is 0.696. The minimum Gasteiger partial charge on any atom is -0.486 e. The van der Waals surface area contributed by atoms with Crippen LogP contribution in [0.1, 0.15) is 80.8 Å². The molecular weight excluding hydrogens is 368 g/mol. The smallest absolute Gasteiger partial charge is 0.220 e. The Bertz CT molecular complexity index is 937.